The van der Waals surface area contributed by atoms with Gasteiger partial charge in [0.2, 0.25) is 11.8 Å². The molecule has 0 bridgehead atoms. The molecular weight excluding hydrogens is 242 g/mol. The molecule has 2 unspecified atom stereocenters. The van der Waals surface area contributed by atoms with Crippen molar-refractivity contribution in [2.24, 2.45) is 0 Å². The molecule has 0 radical (unpaired) electrons. The standard InChI is InChI=1S/C12H12F2N2O2/c1-6-12(18)16(7(2)11(17)15-6)10-8(13)4-3-5-9(10)14/h3-7H,1-2H3,(H,15,17). The molecule has 1 fully saturated rings. The number of carbonyl (C=O) groups is 2. The van der Waals surface area contributed by atoms with Gasteiger partial charge < -0.3 is 5.32 Å². The molecule has 1 saturated heterocycles. The van der Waals surface area contributed by atoms with Gasteiger partial charge in [-0.15, -0.1) is 0 Å². The zero-order valence-electron chi connectivity index (χ0n) is 9.91. The van der Waals surface area contributed by atoms with Crippen LogP contribution in [0.2, 0.25) is 0 Å². The van der Waals surface area contributed by atoms with E-state index in [-0.39, 0.29) is 0 Å². The minimum Gasteiger partial charge on any atom is -0.343 e. The molecule has 1 heterocycles. The van der Waals surface area contributed by atoms with E-state index >= 15 is 0 Å². The second-order valence-corrected chi connectivity index (χ2v) is 4.18. The Morgan fingerprint density at radius 2 is 1.72 bits per heavy atom. The smallest absolute Gasteiger partial charge is 0.250 e. The first-order valence-corrected chi connectivity index (χ1v) is 5.51. The quantitative estimate of drug-likeness (QED) is 0.818. The number of hydrogen-bond acceptors (Lipinski definition) is 2. The van der Waals surface area contributed by atoms with Crippen molar-refractivity contribution in [3.8, 4) is 0 Å². The van der Waals surface area contributed by atoms with Gasteiger partial charge in [-0.2, -0.15) is 0 Å². The number of para-hydroxylation sites is 1. The predicted octanol–water partition coefficient (Wildman–Crippen LogP) is 1.20. The summed E-state index contributed by atoms with van der Waals surface area (Å²) in [5.41, 5.74) is -0.475. The average Bonchev–Trinajstić information content (AvgIpc) is 2.30. The highest BCUT2D eigenvalue weighted by Gasteiger charge is 2.39. The molecule has 2 amide bonds. The van der Waals surface area contributed by atoms with E-state index < -0.39 is 41.2 Å². The van der Waals surface area contributed by atoms with E-state index in [4.69, 9.17) is 0 Å². The Bertz CT molecular complexity index is 499. The molecule has 96 valence electrons. The predicted molar refractivity (Wildman–Crippen MR) is 60.9 cm³/mol. The van der Waals surface area contributed by atoms with Crippen LogP contribution in [0.4, 0.5) is 14.5 Å². The molecule has 0 aliphatic carbocycles. The maximum absolute atomic E-state index is 13.7. The fourth-order valence-corrected chi connectivity index (χ4v) is 1.94. The van der Waals surface area contributed by atoms with Crippen molar-refractivity contribution in [3.63, 3.8) is 0 Å². The van der Waals surface area contributed by atoms with Crippen LogP contribution in [0, 0.1) is 11.6 Å². The van der Waals surface area contributed by atoms with Crippen LogP contribution in [0.1, 0.15) is 13.8 Å². The van der Waals surface area contributed by atoms with Gasteiger partial charge in [0.25, 0.3) is 0 Å². The van der Waals surface area contributed by atoms with Gasteiger partial charge in [-0.25, -0.2) is 8.78 Å². The Morgan fingerprint density at radius 1 is 1.17 bits per heavy atom. The highest BCUT2D eigenvalue weighted by atomic mass is 19.1. The van der Waals surface area contributed by atoms with Crippen molar-refractivity contribution in [1.82, 2.24) is 5.32 Å². The molecule has 1 aromatic carbocycles. The first-order valence-electron chi connectivity index (χ1n) is 5.51. The van der Waals surface area contributed by atoms with E-state index in [1.807, 2.05) is 0 Å². The molecule has 4 nitrogen and oxygen atoms in total. The lowest BCUT2D eigenvalue weighted by molar-refractivity contribution is -0.133. The number of rotatable bonds is 1. The fraction of sp³-hybridized carbons (Fsp3) is 0.333. The highest BCUT2D eigenvalue weighted by Crippen LogP contribution is 2.27. The Balaban J connectivity index is 2.53. The summed E-state index contributed by atoms with van der Waals surface area (Å²) in [6, 6.07) is 1.56. The van der Waals surface area contributed by atoms with Gasteiger partial charge in [0.1, 0.15) is 29.4 Å². The second-order valence-electron chi connectivity index (χ2n) is 4.18. The number of halogens is 2. The number of amides is 2. The Morgan fingerprint density at radius 3 is 2.28 bits per heavy atom. The van der Waals surface area contributed by atoms with E-state index in [2.05, 4.69) is 5.32 Å². The first-order chi connectivity index (χ1) is 8.43. The van der Waals surface area contributed by atoms with Crippen molar-refractivity contribution in [2.75, 3.05) is 4.90 Å². The van der Waals surface area contributed by atoms with Crippen LogP contribution in [0.3, 0.4) is 0 Å². The van der Waals surface area contributed by atoms with Gasteiger partial charge in [0.05, 0.1) is 0 Å². The number of benzene rings is 1. The number of piperazine rings is 1. The molecule has 0 saturated carbocycles. The number of nitrogens with one attached hydrogen (secondary N) is 1. The van der Waals surface area contributed by atoms with Crippen molar-refractivity contribution in [2.45, 2.75) is 25.9 Å². The highest BCUT2D eigenvalue weighted by molar-refractivity contribution is 6.08. The summed E-state index contributed by atoms with van der Waals surface area (Å²) in [7, 11) is 0. The van der Waals surface area contributed by atoms with Gasteiger partial charge in [0.15, 0.2) is 0 Å². The molecule has 0 spiro atoms. The van der Waals surface area contributed by atoms with Crippen LogP contribution in [0.5, 0.6) is 0 Å². The summed E-state index contributed by atoms with van der Waals surface area (Å²) in [6.45, 7) is 2.89. The number of carbonyl (C=O) groups excluding carboxylic acids is 2. The number of anilines is 1. The van der Waals surface area contributed by atoms with E-state index in [1.165, 1.54) is 19.9 Å². The van der Waals surface area contributed by atoms with Crippen LogP contribution in [-0.4, -0.2) is 23.9 Å². The van der Waals surface area contributed by atoms with Crippen molar-refractivity contribution in [3.05, 3.63) is 29.8 Å². The van der Waals surface area contributed by atoms with Crippen molar-refractivity contribution in [1.29, 1.82) is 0 Å². The third-order valence-corrected chi connectivity index (χ3v) is 2.91. The van der Waals surface area contributed by atoms with Crippen molar-refractivity contribution >= 4 is 17.5 Å². The summed E-state index contributed by atoms with van der Waals surface area (Å²) in [4.78, 5) is 24.4. The maximum Gasteiger partial charge on any atom is 0.250 e. The summed E-state index contributed by atoms with van der Waals surface area (Å²) in [5, 5.41) is 2.44. The summed E-state index contributed by atoms with van der Waals surface area (Å²) < 4.78 is 27.3. The van der Waals surface area contributed by atoms with Gasteiger partial charge in [-0.05, 0) is 26.0 Å². The minimum absolute atomic E-state index is 0.440. The average molecular weight is 254 g/mol. The molecule has 0 aromatic heterocycles. The molecule has 1 N–H and O–H groups in total. The maximum atomic E-state index is 13.7. The molecule has 2 atom stereocenters. The lowest BCUT2D eigenvalue weighted by atomic mass is 10.1. The zero-order valence-corrected chi connectivity index (χ0v) is 9.91. The summed E-state index contributed by atoms with van der Waals surface area (Å²) in [5.74, 6) is -2.70. The SMILES string of the molecule is CC1NC(=O)C(C)N(c2c(F)cccc2F)C1=O. The number of hydrogen-bond donors (Lipinski definition) is 1. The van der Waals surface area contributed by atoms with Crippen LogP contribution < -0.4 is 10.2 Å². The largest absolute Gasteiger partial charge is 0.343 e. The van der Waals surface area contributed by atoms with Crippen LogP contribution >= 0.6 is 0 Å². The second kappa shape index (κ2) is 4.36. The summed E-state index contributed by atoms with van der Waals surface area (Å²) in [6.07, 6.45) is 0. The van der Waals surface area contributed by atoms with E-state index in [9.17, 15) is 18.4 Å². The lowest BCUT2D eigenvalue weighted by Gasteiger charge is -2.36. The molecule has 1 aliphatic rings. The molecule has 1 aromatic rings. The molecule has 6 heteroatoms. The third kappa shape index (κ3) is 1.83. The van der Waals surface area contributed by atoms with Gasteiger partial charge in [-0.3, -0.25) is 14.5 Å². The Hall–Kier alpha value is -1.98. The van der Waals surface area contributed by atoms with Crippen LogP contribution in [0.15, 0.2) is 18.2 Å². The topological polar surface area (TPSA) is 49.4 Å². The number of nitrogens with zero attached hydrogens (tertiary/aromatic N) is 1. The summed E-state index contributed by atoms with van der Waals surface area (Å²) >= 11 is 0. The van der Waals surface area contributed by atoms with Crippen molar-refractivity contribution < 1.29 is 18.4 Å². The van der Waals surface area contributed by atoms with Gasteiger partial charge >= 0.3 is 0 Å². The van der Waals surface area contributed by atoms with Crippen LogP contribution in [-0.2, 0) is 9.59 Å². The molecule has 2 rings (SSSR count). The third-order valence-electron chi connectivity index (χ3n) is 2.91. The molecular formula is C12H12F2N2O2. The fourth-order valence-electron chi connectivity index (χ4n) is 1.94. The lowest BCUT2D eigenvalue weighted by Crippen LogP contribution is -2.62. The normalized spacial score (nSPS) is 24.1. The van der Waals surface area contributed by atoms with E-state index in [0.29, 0.717) is 0 Å². The Kier molecular flexibility index (Phi) is 3.02. The first kappa shape index (κ1) is 12.5. The monoisotopic (exact) mass is 254 g/mol. The minimum atomic E-state index is -0.944. The van der Waals surface area contributed by atoms with E-state index in [0.717, 1.165) is 17.0 Å². The van der Waals surface area contributed by atoms with Gasteiger partial charge in [-0.1, -0.05) is 6.07 Å². The molecule has 1 aliphatic heterocycles. The van der Waals surface area contributed by atoms with Gasteiger partial charge in [0, 0.05) is 0 Å². The van der Waals surface area contributed by atoms with Crippen LogP contribution in [0.25, 0.3) is 0 Å². The van der Waals surface area contributed by atoms with E-state index in [1.54, 1.807) is 0 Å². The Labute approximate surface area is 103 Å². The molecule has 18 heavy (non-hydrogen) atoms. The zero-order chi connectivity index (χ0) is 13.4.